The first-order valence-electron chi connectivity index (χ1n) is 7.27. The monoisotopic (exact) mass is 265 g/mol. The van der Waals surface area contributed by atoms with Gasteiger partial charge in [-0.2, -0.15) is 0 Å². The molecule has 2 fully saturated rings. The van der Waals surface area contributed by atoms with E-state index in [1.54, 1.807) is 0 Å². The Morgan fingerprint density at radius 3 is 2.61 bits per heavy atom. The third kappa shape index (κ3) is 3.04. The Balaban J connectivity index is 1.65. The minimum absolute atomic E-state index is 0.785. The van der Waals surface area contributed by atoms with Gasteiger partial charge >= 0.3 is 0 Å². The topological polar surface area (TPSA) is 28.2 Å². The van der Waals surface area contributed by atoms with E-state index in [1.165, 1.54) is 67.3 Å². The van der Waals surface area contributed by atoms with Crippen molar-refractivity contribution in [3.8, 4) is 0 Å². The molecule has 0 amide bonds. The van der Waals surface area contributed by atoms with Crippen LogP contribution in [0, 0.1) is 6.92 Å². The molecule has 0 spiro atoms. The van der Waals surface area contributed by atoms with E-state index in [9.17, 15) is 0 Å². The van der Waals surface area contributed by atoms with Crippen LogP contribution in [-0.4, -0.2) is 24.1 Å². The average Bonchev–Trinajstić information content (AvgIpc) is 3.15. The molecule has 1 aromatic rings. The Morgan fingerprint density at radius 1 is 1.22 bits per heavy atom. The van der Waals surface area contributed by atoms with Crippen LogP contribution in [0.25, 0.3) is 0 Å². The molecule has 0 unspecified atom stereocenters. The lowest BCUT2D eigenvalue weighted by molar-refractivity contribution is 0.691. The summed E-state index contributed by atoms with van der Waals surface area (Å²) in [6.45, 7) is 5.56. The summed E-state index contributed by atoms with van der Waals surface area (Å²) in [4.78, 5) is 8.70. The van der Waals surface area contributed by atoms with Crippen LogP contribution in [0.4, 0.5) is 5.13 Å². The van der Waals surface area contributed by atoms with Gasteiger partial charge in [-0.25, -0.2) is 4.98 Å². The summed E-state index contributed by atoms with van der Waals surface area (Å²) in [5, 5.41) is 4.85. The molecule has 100 valence electrons. The molecule has 4 heteroatoms. The van der Waals surface area contributed by atoms with Gasteiger partial charge < -0.3 is 10.2 Å². The Hall–Kier alpha value is -0.610. The first kappa shape index (κ1) is 12.4. The minimum atomic E-state index is 0.785. The molecule has 1 saturated carbocycles. The number of anilines is 1. The number of aryl methyl sites for hydroxylation is 1. The number of hydrogen-bond donors (Lipinski definition) is 1. The molecule has 1 aliphatic carbocycles. The van der Waals surface area contributed by atoms with Crippen LogP contribution in [0.1, 0.15) is 49.1 Å². The maximum Gasteiger partial charge on any atom is 0.185 e. The second-order valence-electron chi connectivity index (χ2n) is 5.56. The van der Waals surface area contributed by atoms with Crippen LogP contribution < -0.4 is 10.2 Å². The first-order chi connectivity index (χ1) is 8.83. The zero-order valence-corrected chi connectivity index (χ0v) is 12.1. The Kier molecular flexibility index (Phi) is 3.85. The molecule has 0 radical (unpaired) electrons. The SMILES string of the molecule is Cc1nc(N2CCCCCC2)sc1CNC1CC1. The standard InChI is InChI=1S/C14H23N3S/c1-11-13(10-15-12-6-7-12)18-14(16-11)17-8-4-2-3-5-9-17/h12,15H,2-10H2,1H3. The highest BCUT2D eigenvalue weighted by molar-refractivity contribution is 7.15. The van der Waals surface area contributed by atoms with Crippen molar-refractivity contribution in [3.05, 3.63) is 10.6 Å². The summed E-state index contributed by atoms with van der Waals surface area (Å²) < 4.78 is 0. The van der Waals surface area contributed by atoms with Gasteiger partial charge in [-0.05, 0) is 32.6 Å². The molecule has 3 nitrogen and oxygen atoms in total. The van der Waals surface area contributed by atoms with E-state index in [0.717, 1.165) is 12.6 Å². The summed E-state index contributed by atoms with van der Waals surface area (Å²) in [5.41, 5.74) is 1.23. The molecule has 18 heavy (non-hydrogen) atoms. The summed E-state index contributed by atoms with van der Waals surface area (Å²) in [7, 11) is 0. The normalized spacial score (nSPS) is 21.1. The Labute approximate surface area is 114 Å². The first-order valence-corrected chi connectivity index (χ1v) is 8.09. The lowest BCUT2D eigenvalue weighted by atomic mass is 10.2. The van der Waals surface area contributed by atoms with E-state index in [0.29, 0.717) is 0 Å². The molecule has 0 aromatic carbocycles. The molecular weight excluding hydrogens is 242 g/mol. The van der Waals surface area contributed by atoms with Crippen molar-refractivity contribution in [2.75, 3.05) is 18.0 Å². The van der Waals surface area contributed by atoms with Crippen LogP contribution in [0.2, 0.25) is 0 Å². The third-order valence-corrected chi connectivity index (χ3v) is 5.10. The molecule has 1 aliphatic heterocycles. The highest BCUT2D eigenvalue weighted by Gasteiger charge is 2.21. The van der Waals surface area contributed by atoms with Gasteiger partial charge in [-0.1, -0.05) is 12.8 Å². The van der Waals surface area contributed by atoms with Gasteiger partial charge in [-0.15, -0.1) is 11.3 Å². The average molecular weight is 265 g/mol. The number of nitrogens with one attached hydrogen (secondary N) is 1. The smallest absolute Gasteiger partial charge is 0.185 e. The fourth-order valence-electron chi connectivity index (χ4n) is 2.50. The van der Waals surface area contributed by atoms with Crippen LogP contribution in [0.3, 0.4) is 0 Å². The zero-order chi connectivity index (χ0) is 12.4. The maximum atomic E-state index is 4.78. The van der Waals surface area contributed by atoms with Gasteiger partial charge in [0.15, 0.2) is 5.13 Å². The van der Waals surface area contributed by atoms with E-state index >= 15 is 0 Å². The number of aromatic nitrogens is 1. The van der Waals surface area contributed by atoms with Crippen molar-refractivity contribution < 1.29 is 0 Å². The quantitative estimate of drug-likeness (QED) is 0.907. The predicted molar refractivity (Wildman–Crippen MR) is 77.4 cm³/mol. The van der Waals surface area contributed by atoms with Crippen molar-refractivity contribution in [2.24, 2.45) is 0 Å². The summed E-state index contributed by atoms with van der Waals surface area (Å²) in [6.07, 6.45) is 8.14. The fraction of sp³-hybridized carbons (Fsp3) is 0.786. The second kappa shape index (κ2) is 5.57. The van der Waals surface area contributed by atoms with Crippen molar-refractivity contribution in [3.63, 3.8) is 0 Å². The van der Waals surface area contributed by atoms with Gasteiger partial charge in [-0.3, -0.25) is 0 Å². The van der Waals surface area contributed by atoms with Gasteiger partial charge in [0.2, 0.25) is 0 Å². The summed E-state index contributed by atoms with van der Waals surface area (Å²) in [5.74, 6) is 0. The zero-order valence-electron chi connectivity index (χ0n) is 11.2. The maximum absolute atomic E-state index is 4.78. The van der Waals surface area contributed by atoms with E-state index in [4.69, 9.17) is 4.98 Å². The number of rotatable bonds is 4. The summed E-state index contributed by atoms with van der Waals surface area (Å²) >= 11 is 1.90. The summed E-state index contributed by atoms with van der Waals surface area (Å²) in [6, 6.07) is 0.785. The molecule has 1 saturated heterocycles. The highest BCUT2D eigenvalue weighted by Crippen LogP contribution is 2.29. The number of thiazole rings is 1. The lowest BCUT2D eigenvalue weighted by Gasteiger charge is -2.18. The molecule has 1 aromatic heterocycles. The molecular formula is C14H23N3S. The molecule has 3 rings (SSSR count). The van der Waals surface area contributed by atoms with Gasteiger partial charge in [0.1, 0.15) is 0 Å². The van der Waals surface area contributed by atoms with Crippen molar-refractivity contribution in [1.29, 1.82) is 0 Å². The third-order valence-electron chi connectivity index (χ3n) is 3.89. The lowest BCUT2D eigenvalue weighted by Crippen LogP contribution is -2.23. The van der Waals surface area contributed by atoms with E-state index in [1.807, 2.05) is 11.3 Å². The van der Waals surface area contributed by atoms with Gasteiger partial charge in [0, 0.05) is 30.6 Å². The van der Waals surface area contributed by atoms with Crippen LogP contribution in [0.5, 0.6) is 0 Å². The van der Waals surface area contributed by atoms with Crippen LogP contribution >= 0.6 is 11.3 Å². The molecule has 2 heterocycles. The fourth-order valence-corrected chi connectivity index (χ4v) is 3.56. The Morgan fingerprint density at radius 2 is 1.94 bits per heavy atom. The van der Waals surface area contributed by atoms with Gasteiger partial charge in [0.25, 0.3) is 0 Å². The van der Waals surface area contributed by atoms with Crippen molar-refractivity contribution >= 4 is 16.5 Å². The van der Waals surface area contributed by atoms with E-state index < -0.39 is 0 Å². The second-order valence-corrected chi connectivity index (χ2v) is 6.62. The van der Waals surface area contributed by atoms with Crippen LogP contribution in [-0.2, 0) is 6.54 Å². The van der Waals surface area contributed by atoms with E-state index in [-0.39, 0.29) is 0 Å². The molecule has 1 N–H and O–H groups in total. The molecule has 0 bridgehead atoms. The molecule has 2 aliphatic rings. The van der Waals surface area contributed by atoms with Crippen LogP contribution in [0.15, 0.2) is 0 Å². The highest BCUT2D eigenvalue weighted by atomic mass is 32.1. The van der Waals surface area contributed by atoms with Crippen molar-refractivity contribution in [2.45, 2.75) is 58.0 Å². The number of nitrogens with zero attached hydrogens (tertiary/aromatic N) is 2. The van der Waals surface area contributed by atoms with Crippen molar-refractivity contribution in [1.82, 2.24) is 10.3 Å². The Bertz CT molecular complexity index is 390. The van der Waals surface area contributed by atoms with Gasteiger partial charge in [0.05, 0.1) is 5.69 Å². The molecule has 0 atom stereocenters. The van der Waals surface area contributed by atoms with E-state index in [2.05, 4.69) is 17.1 Å². The largest absolute Gasteiger partial charge is 0.348 e. The minimum Gasteiger partial charge on any atom is -0.348 e. The predicted octanol–water partition coefficient (Wildman–Crippen LogP) is 3.08. The number of hydrogen-bond acceptors (Lipinski definition) is 4.